The topological polar surface area (TPSA) is 21.3 Å². The van der Waals surface area contributed by atoms with Gasteiger partial charge >= 0.3 is 0 Å². The number of methoxy groups -OCH3 is 1. The van der Waals surface area contributed by atoms with E-state index in [-0.39, 0.29) is 0 Å². The van der Waals surface area contributed by atoms with Gasteiger partial charge in [0.1, 0.15) is 0 Å². The molecule has 0 bridgehead atoms. The lowest BCUT2D eigenvalue weighted by Gasteiger charge is -2.44. The molecule has 17 heavy (non-hydrogen) atoms. The molecule has 2 atom stereocenters. The van der Waals surface area contributed by atoms with Crippen LogP contribution in [-0.4, -0.2) is 37.3 Å². The molecule has 1 aliphatic rings. The first-order valence-corrected chi connectivity index (χ1v) is 8.00. The van der Waals surface area contributed by atoms with Crippen LogP contribution >= 0.6 is 11.8 Å². The second-order valence-corrected chi connectivity index (χ2v) is 7.06. The Hall–Kier alpha value is 0.270. The highest BCUT2D eigenvalue weighted by atomic mass is 32.2. The lowest BCUT2D eigenvalue weighted by Crippen LogP contribution is -2.51. The number of hydrogen-bond donors (Lipinski definition) is 1. The van der Waals surface area contributed by atoms with E-state index >= 15 is 0 Å². The Morgan fingerprint density at radius 1 is 1.41 bits per heavy atom. The maximum absolute atomic E-state index is 5.16. The Labute approximate surface area is 111 Å². The first-order chi connectivity index (χ1) is 8.11. The van der Waals surface area contributed by atoms with Gasteiger partial charge in [-0.3, -0.25) is 0 Å². The summed E-state index contributed by atoms with van der Waals surface area (Å²) in [5.41, 5.74) is 0.443. The van der Waals surface area contributed by atoms with Crippen molar-refractivity contribution in [2.75, 3.05) is 26.0 Å². The van der Waals surface area contributed by atoms with Crippen LogP contribution in [0.4, 0.5) is 0 Å². The molecule has 3 heteroatoms. The Morgan fingerprint density at radius 3 is 2.82 bits per heavy atom. The first kappa shape index (κ1) is 15.3. The maximum atomic E-state index is 5.16. The second kappa shape index (κ2) is 7.65. The minimum Gasteiger partial charge on any atom is -0.384 e. The van der Waals surface area contributed by atoms with E-state index in [4.69, 9.17) is 4.74 Å². The summed E-state index contributed by atoms with van der Waals surface area (Å²) in [6.07, 6.45) is 5.32. The van der Waals surface area contributed by atoms with Crippen molar-refractivity contribution in [3.8, 4) is 0 Å². The number of rotatable bonds is 7. The molecule has 0 saturated heterocycles. The van der Waals surface area contributed by atoms with Gasteiger partial charge in [0.05, 0.1) is 6.61 Å². The van der Waals surface area contributed by atoms with Crippen molar-refractivity contribution in [1.29, 1.82) is 0 Å². The fraction of sp³-hybridized carbons (Fsp3) is 1.00. The van der Waals surface area contributed by atoms with Gasteiger partial charge in [0.25, 0.3) is 0 Å². The van der Waals surface area contributed by atoms with E-state index in [1.54, 1.807) is 7.11 Å². The molecule has 0 aliphatic heterocycles. The zero-order valence-corrected chi connectivity index (χ0v) is 12.7. The van der Waals surface area contributed by atoms with E-state index in [9.17, 15) is 0 Å². The molecule has 1 saturated carbocycles. The molecule has 1 aliphatic carbocycles. The highest BCUT2D eigenvalue weighted by Crippen LogP contribution is 2.40. The van der Waals surface area contributed by atoms with Crippen LogP contribution in [0.25, 0.3) is 0 Å². The highest BCUT2D eigenvalue weighted by Gasteiger charge is 2.38. The average molecular weight is 259 g/mol. The minimum absolute atomic E-state index is 0.443. The van der Waals surface area contributed by atoms with Gasteiger partial charge in [-0.25, -0.2) is 0 Å². The summed E-state index contributed by atoms with van der Waals surface area (Å²) >= 11 is 2.10. The molecule has 2 unspecified atom stereocenters. The van der Waals surface area contributed by atoms with Gasteiger partial charge < -0.3 is 10.1 Å². The van der Waals surface area contributed by atoms with Gasteiger partial charge in [-0.1, -0.05) is 27.2 Å². The number of nitrogens with one attached hydrogen (secondary N) is 1. The van der Waals surface area contributed by atoms with E-state index < -0.39 is 0 Å². The summed E-state index contributed by atoms with van der Waals surface area (Å²) in [4.78, 5) is 0. The molecule has 0 spiro atoms. The zero-order chi connectivity index (χ0) is 12.7. The fourth-order valence-electron chi connectivity index (χ4n) is 2.75. The Bertz CT molecular complexity index is 208. The van der Waals surface area contributed by atoms with Crippen molar-refractivity contribution >= 4 is 11.8 Å². The average Bonchev–Trinajstić information content (AvgIpc) is 2.28. The van der Waals surface area contributed by atoms with E-state index in [0.29, 0.717) is 11.5 Å². The molecule has 0 aromatic carbocycles. The molecule has 0 aromatic rings. The molecule has 1 rings (SSSR count). The largest absolute Gasteiger partial charge is 0.384 e. The Morgan fingerprint density at radius 2 is 2.18 bits per heavy atom. The van der Waals surface area contributed by atoms with Gasteiger partial charge in [-0.2, -0.15) is 11.8 Å². The first-order valence-electron chi connectivity index (χ1n) is 6.95. The van der Waals surface area contributed by atoms with E-state index in [2.05, 4.69) is 37.8 Å². The molecular formula is C14H29NOS. The standard InChI is InChI=1S/C14H29NOS/c1-5-9-15-13-12(17-11-10-16-4)7-6-8-14(13,2)3/h12-13,15H,5-11H2,1-4H3. The number of hydrogen-bond acceptors (Lipinski definition) is 3. The molecule has 102 valence electrons. The van der Waals surface area contributed by atoms with Crippen LogP contribution in [-0.2, 0) is 4.74 Å². The number of thioether (sulfide) groups is 1. The summed E-state index contributed by atoms with van der Waals surface area (Å²) in [6.45, 7) is 9.11. The normalized spacial score (nSPS) is 28.2. The third-order valence-electron chi connectivity index (χ3n) is 3.76. The van der Waals surface area contributed by atoms with E-state index in [1.807, 2.05) is 0 Å². The van der Waals surface area contributed by atoms with Crippen LogP contribution in [0.2, 0.25) is 0 Å². The quantitative estimate of drug-likeness (QED) is 0.709. The zero-order valence-electron chi connectivity index (χ0n) is 11.9. The predicted molar refractivity (Wildman–Crippen MR) is 77.8 cm³/mol. The number of ether oxygens (including phenoxy) is 1. The summed E-state index contributed by atoms with van der Waals surface area (Å²) in [5.74, 6) is 1.13. The van der Waals surface area contributed by atoms with Crippen molar-refractivity contribution in [2.45, 2.75) is 57.7 Å². The van der Waals surface area contributed by atoms with Gasteiger partial charge in [-0.05, 0) is 31.2 Å². The van der Waals surface area contributed by atoms with Crippen LogP contribution in [0.5, 0.6) is 0 Å². The van der Waals surface area contributed by atoms with E-state index in [0.717, 1.165) is 24.2 Å². The van der Waals surface area contributed by atoms with Crippen LogP contribution in [0.15, 0.2) is 0 Å². The maximum Gasteiger partial charge on any atom is 0.0553 e. The molecule has 0 amide bonds. The second-order valence-electron chi connectivity index (χ2n) is 5.71. The summed E-state index contributed by atoms with van der Waals surface area (Å²) in [7, 11) is 1.79. The molecule has 0 heterocycles. The van der Waals surface area contributed by atoms with Crippen LogP contribution < -0.4 is 5.32 Å². The lowest BCUT2D eigenvalue weighted by atomic mass is 9.73. The minimum atomic E-state index is 0.443. The van der Waals surface area contributed by atoms with Crippen molar-refractivity contribution in [2.24, 2.45) is 5.41 Å². The van der Waals surface area contributed by atoms with Gasteiger partial charge in [-0.15, -0.1) is 0 Å². The van der Waals surface area contributed by atoms with E-state index in [1.165, 1.54) is 25.7 Å². The van der Waals surface area contributed by atoms with Crippen molar-refractivity contribution in [3.63, 3.8) is 0 Å². The van der Waals surface area contributed by atoms with Crippen molar-refractivity contribution in [1.82, 2.24) is 5.32 Å². The summed E-state index contributed by atoms with van der Waals surface area (Å²) < 4.78 is 5.16. The van der Waals surface area contributed by atoms with Gasteiger partial charge in [0.2, 0.25) is 0 Å². The molecule has 0 radical (unpaired) electrons. The fourth-order valence-corrected chi connectivity index (χ4v) is 4.31. The molecule has 1 fully saturated rings. The molecule has 1 N–H and O–H groups in total. The van der Waals surface area contributed by atoms with Gasteiger partial charge in [0.15, 0.2) is 0 Å². The molecular weight excluding hydrogens is 230 g/mol. The van der Waals surface area contributed by atoms with Crippen LogP contribution in [0.1, 0.15) is 46.5 Å². The molecule has 0 aromatic heterocycles. The Kier molecular flexibility index (Phi) is 6.90. The highest BCUT2D eigenvalue weighted by molar-refractivity contribution is 8.00. The SMILES string of the molecule is CCCNC1C(SCCOC)CCCC1(C)C. The third-order valence-corrected chi connectivity index (χ3v) is 5.10. The monoisotopic (exact) mass is 259 g/mol. The third kappa shape index (κ3) is 4.80. The van der Waals surface area contributed by atoms with Crippen LogP contribution in [0.3, 0.4) is 0 Å². The van der Waals surface area contributed by atoms with Crippen LogP contribution in [0, 0.1) is 5.41 Å². The lowest BCUT2D eigenvalue weighted by molar-refractivity contribution is 0.174. The summed E-state index contributed by atoms with van der Waals surface area (Å²) in [5, 5.41) is 4.54. The van der Waals surface area contributed by atoms with Gasteiger partial charge in [0, 0.05) is 24.2 Å². The predicted octanol–water partition coefficient (Wildman–Crippen LogP) is 3.31. The summed E-state index contributed by atoms with van der Waals surface area (Å²) in [6, 6.07) is 0.665. The van der Waals surface area contributed by atoms with Crippen molar-refractivity contribution < 1.29 is 4.74 Å². The van der Waals surface area contributed by atoms with Crippen molar-refractivity contribution in [3.05, 3.63) is 0 Å². The molecule has 2 nitrogen and oxygen atoms in total. The Balaban J connectivity index is 2.51. The smallest absolute Gasteiger partial charge is 0.0553 e.